The number of oxazole rings is 1. The summed E-state index contributed by atoms with van der Waals surface area (Å²) < 4.78 is 44.4. The van der Waals surface area contributed by atoms with Crippen LogP contribution < -0.4 is 0 Å². The number of hydrogen-bond acceptors (Lipinski definition) is 5. The summed E-state index contributed by atoms with van der Waals surface area (Å²) in [7, 11) is -4.07. The van der Waals surface area contributed by atoms with Crippen molar-refractivity contribution in [2.24, 2.45) is 0 Å². The first-order chi connectivity index (χ1) is 11.9. The number of nitriles is 1. The molecule has 0 aliphatic rings. The van der Waals surface area contributed by atoms with Crippen LogP contribution >= 0.6 is 0 Å². The Balaban J connectivity index is 2.07. The summed E-state index contributed by atoms with van der Waals surface area (Å²) in [4.78, 5) is 3.99. The number of aryl methyl sites for hydroxylation is 1. The van der Waals surface area contributed by atoms with Crippen LogP contribution in [0.4, 0.5) is 4.39 Å². The van der Waals surface area contributed by atoms with Crippen molar-refractivity contribution in [2.75, 3.05) is 0 Å². The predicted octanol–water partition coefficient (Wildman–Crippen LogP) is 3.63. The molecule has 0 bridgehead atoms. The largest absolute Gasteiger partial charge is 0.423 e. The minimum atomic E-state index is -4.07. The van der Waals surface area contributed by atoms with Crippen LogP contribution in [0, 0.1) is 24.1 Å². The molecule has 0 radical (unpaired) electrons. The quantitative estimate of drug-likeness (QED) is 0.713. The summed E-state index contributed by atoms with van der Waals surface area (Å²) in [6.45, 7) is 1.82. The van der Waals surface area contributed by atoms with Gasteiger partial charge in [-0.05, 0) is 24.6 Å². The lowest BCUT2D eigenvalue weighted by Gasteiger charge is -2.03. The maximum Gasteiger partial charge on any atom is 0.257 e. The van der Waals surface area contributed by atoms with Gasteiger partial charge < -0.3 is 4.42 Å². The van der Waals surface area contributed by atoms with Crippen molar-refractivity contribution in [3.8, 4) is 17.5 Å². The smallest absolute Gasteiger partial charge is 0.257 e. The molecule has 5 nitrogen and oxygen atoms in total. The highest BCUT2D eigenvalue weighted by Crippen LogP contribution is 2.29. The normalized spacial score (nSPS) is 11.2. The monoisotopic (exact) mass is 356 g/mol. The van der Waals surface area contributed by atoms with E-state index in [0.717, 1.165) is 5.56 Å². The molecule has 0 atom stereocenters. The predicted molar refractivity (Wildman–Crippen MR) is 88.7 cm³/mol. The Labute approximate surface area is 144 Å². The van der Waals surface area contributed by atoms with Crippen LogP contribution in [0.5, 0.6) is 0 Å². The Morgan fingerprint density at radius 2 is 1.84 bits per heavy atom. The molecule has 0 N–H and O–H groups in total. The van der Waals surface area contributed by atoms with E-state index in [9.17, 15) is 18.1 Å². The fraction of sp³-hybridized carbons (Fsp3) is 0.111. The van der Waals surface area contributed by atoms with Gasteiger partial charge in [0.1, 0.15) is 11.9 Å². The first-order valence-corrected chi connectivity index (χ1v) is 9.00. The number of benzene rings is 2. The lowest BCUT2D eigenvalue weighted by Crippen LogP contribution is -2.07. The minimum absolute atomic E-state index is 0.000214. The van der Waals surface area contributed by atoms with Gasteiger partial charge >= 0.3 is 0 Å². The van der Waals surface area contributed by atoms with Gasteiger partial charge in [0, 0.05) is 11.1 Å². The van der Waals surface area contributed by atoms with Crippen molar-refractivity contribution in [3.63, 3.8) is 0 Å². The Bertz CT molecular complexity index is 1080. The lowest BCUT2D eigenvalue weighted by molar-refractivity contribution is 0.456. The number of hydrogen-bond donors (Lipinski definition) is 0. The zero-order valence-electron chi connectivity index (χ0n) is 13.2. The van der Waals surface area contributed by atoms with E-state index < -0.39 is 26.5 Å². The molecule has 0 unspecified atom stereocenters. The maximum atomic E-state index is 13.8. The number of rotatable bonds is 4. The second-order valence-corrected chi connectivity index (χ2v) is 7.32. The van der Waals surface area contributed by atoms with E-state index in [1.165, 1.54) is 24.3 Å². The molecule has 0 aliphatic carbocycles. The molecule has 3 rings (SSSR count). The van der Waals surface area contributed by atoms with E-state index in [1.807, 2.05) is 19.1 Å². The van der Waals surface area contributed by atoms with Gasteiger partial charge in [-0.25, -0.2) is 12.8 Å². The van der Waals surface area contributed by atoms with E-state index in [1.54, 1.807) is 18.2 Å². The number of sulfone groups is 1. The molecule has 0 spiro atoms. The molecule has 25 heavy (non-hydrogen) atoms. The summed E-state index contributed by atoms with van der Waals surface area (Å²) >= 11 is 0. The molecule has 0 aliphatic heterocycles. The van der Waals surface area contributed by atoms with Crippen LogP contribution in [0.3, 0.4) is 0 Å². The van der Waals surface area contributed by atoms with E-state index >= 15 is 0 Å². The minimum Gasteiger partial charge on any atom is -0.423 e. The fourth-order valence-corrected chi connectivity index (χ4v) is 3.77. The second-order valence-electron chi connectivity index (χ2n) is 5.43. The van der Waals surface area contributed by atoms with Gasteiger partial charge in [0.25, 0.3) is 5.09 Å². The summed E-state index contributed by atoms with van der Waals surface area (Å²) in [6, 6.07) is 14.4. The van der Waals surface area contributed by atoms with Crippen molar-refractivity contribution in [3.05, 3.63) is 71.2 Å². The van der Waals surface area contributed by atoms with Crippen LogP contribution in [-0.4, -0.2) is 13.4 Å². The highest BCUT2D eigenvalue weighted by atomic mass is 32.2. The molecule has 0 saturated carbocycles. The third kappa shape index (κ3) is 3.30. The van der Waals surface area contributed by atoms with Gasteiger partial charge in [0.2, 0.25) is 15.7 Å². The van der Waals surface area contributed by atoms with Crippen molar-refractivity contribution < 1.29 is 17.2 Å². The van der Waals surface area contributed by atoms with Crippen molar-refractivity contribution >= 4 is 9.84 Å². The molecular formula is C18H13FN2O3S. The Morgan fingerprint density at radius 1 is 1.16 bits per heavy atom. The molecule has 0 saturated heterocycles. The molecular weight excluding hydrogens is 343 g/mol. The molecule has 2 aromatic carbocycles. The first-order valence-electron chi connectivity index (χ1n) is 7.35. The van der Waals surface area contributed by atoms with Gasteiger partial charge in [-0.2, -0.15) is 10.2 Å². The number of halogens is 1. The average molecular weight is 356 g/mol. The summed E-state index contributed by atoms with van der Waals surface area (Å²) in [5, 5.41) is 8.68. The average Bonchev–Trinajstić information content (AvgIpc) is 3.02. The standard InChI is InChI=1S/C18H13FN2O3S/c1-12-6-2-4-8-14(12)17-21-16(10-20)18(24-17)25(22,23)11-13-7-3-5-9-15(13)19/h2-9H,11H2,1H3. The van der Waals surface area contributed by atoms with Gasteiger partial charge in [-0.3, -0.25) is 0 Å². The topological polar surface area (TPSA) is 84.0 Å². The van der Waals surface area contributed by atoms with Crippen molar-refractivity contribution in [1.82, 2.24) is 4.98 Å². The SMILES string of the molecule is Cc1ccccc1-c1nc(C#N)c(S(=O)(=O)Cc2ccccc2F)o1. The second kappa shape index (κ2) is 6.49. The molecule has 3 aromatic rings. The van der Waals surface area contributed by atoms with Gasteiger partial charge in [-0.15, -0.1) is 0 Å². The van der Waals surface area contributed by atoms with E-state index in [0.29, 0.717) is 5.56 Å². The molecule has 126 valence electrons. The third-order valence-corrected chi connectivity index (χ3v) is 5.20. The molecule has 0 amide bonds. The molecule has 7 heteroatoms. The molecule has 1 aromatic heterocycles. The van der Waals surface area contributed by atoms with Crippen LogP contribution in [0.15, 0.2) is 58.0 Å². The highest BCUT2D eigenvalue weighted by molar-refractivity contribution is 7.90. The lowest BCUT2D eigenvalue weighted by atomic mass is 10.1. The Morgan fingerprint density at radius 3 is 2.52 bits per heavy atom. The van der Waals surface area contributed by atoms with Crippen molar-refractivity contribution in [2.45, 2.75) is 17.8 Å². The van der Waals surface area contributed by atoms with Gasteiger partial charge in [0.05, 0.1) is 5.75 Å². The zero-order chi connectivity index (χ0) is 18.0. The van der Waals surface area contributed by atoms with Crippen LogP contribution in [0.2, 0.25) is 0 Å². The Hall–Kier alpha value is -2.98. The number of aromatic nitrogens is 1. The van der Waals surface area contributed by atoms with E-state index in [-0.39, 0.29) is 17.1 Å². The van der Waals surface area contributed by atoms with Crippen molar-refractivity contribution in [1.29, 1.82) is 5.26 Å². The van der Waals surface area contributed by atoms with Crippen LogP contribution in [-0.2, 0) is 15.6 Å². The zero-order valence-corrected chi connectivity index (χ0v) is 14.0. The molecule has 1 heterocycles. The summed E-state index contributed by atoms with van der Waals surface area (Å²) in [6.07, 6.45) is 0. The molecule has 0 fully saturated rings. The summed E-state index contributed by atoms with van der Waals surface area (Å²) in [5.74, 6) is -1.21. The van der Waals surface area contributed by atoms with Gasteiger partial charge in [-0.1, -0.05) is 36.4 Å². The third-order valence-electron chi connectivity index (χ3n) is 3.66. The highest BCUT2D eigenvalue weighted by Gasteiger charge is 2.28. The first kappa shape index (κ1) is 16.9. The number of nitrogens with zero attached hydrogens (tertiary/aromatic N) is 2. The van der Waals surface area contributed by atoms with E-state index in [2.05, 4.69) is 4.98 Å². The fourth-order valence-electron chi connectivity index (χ4n) is 2.40. The Kier molecular flexibility index (Phi) is 4.38. The van der Waals surface area contributed by atoms with Gasteiger partial charge in [0.15, 0.2) is 5.69 Å². The van der Waals surface area contributed by atoms with Crippen LogP contribution in [0.25, 0.3) is 11.5 Å². The maximum absolute atomic E-state index is 13.8. The summed E-state index contributed by atoms with van der Waals surface area (Å²) in [5.41, 5.74) is 1.08. The van der Waals surface area contributed by atoms with Crippen LogP contribution in [0.1, 0.15) is 16.8 Å². The van der Waals surface area contributed by atoms with E-state index in [4.69, 9.17) is 4.42 Å².